The molecule has 1 rings (SSSR count). The number of benzene rings is 1. The summed E-state index contributed by atoms with van der Waals surface area (Å²) >= 11 is 0. The van der Waals surface area contributed by atoms with Crippen molar-refractivity contribution in [3.63, 3.8) is 0 Å². The number of hydrogen-bond donors (Lipinski definition) is 3. The Morgan fingerprint density at radius 1 is 1.17 bits per heavy atom. The van der Waals surface area contributed by atoms with Gasteiger partial charge < -0.3 is 22.1 Å². The predicted molar refractivity (Wildman–Crippen MR) is 69.7 cm³/mol. The van der Waals surface area contributed by atoms with Gasteiger partial charge in [-0.1, -0.05) is 6.07 Å². The smallest absolute Gasteiger partial charge is 0.236 e. The summed E-state index contributed by atoms with van der Waals surface area (Å²) in [6, 6.07) is 5.51. The Morgan fingerprint density at radius 2 is 1.72 bits per heavy atom. The molecule has 0 unspecified atom stereocenters. The van der Waals surface area contributed by atoms with Crippen molar-refractivity contribution >= 4 is 17.5 Å². The van der Waals surface area contributed by atoms with Crippen LogP contribution in [0.5, 0.6) is 0 Å². The van der Waals surface area contributed by atoms with E-state index in [1.165, 1.54) is 4.90 Å². The Kier molecular flexibility index (Phi) is 4.67. The molecule has 1 aromatic rings. The number of carbonyl (C=O) groups is 2. The van der Waals surface area contributed by atoms with Crippen LogP contribution in [0.25, 0.3) is 0 Å². The molecule has 1 aromatic carbocycles. The summed E-state index contributed by atoms with van der Waals surface area (Å²) in [6.07, 6.45) is 0. The molecule has 0 bridgehead atoms. The van der Waals surface area contributed by atoms with Gasteiger partial charge >= 0.3 is 0 Å². The summed E-state index contributed by atoms with van der Waals surface area (Å²) in [4.78, 5) is 23.5. The van der Waals surface area contributed by atoms with Crippen molar-refractivity contribution in [1.29, 1.82) is 0 Å². The number of anilines is 1. The molecule has 0 spiro atoms. The van der Waals surface area contributed by atoms with Crippen LogP contribution in [0, 0.1) is 6.92 Å². The van der Waals surface area contributed by atoms with Crippen LogP contribution in [-0.2, 0) is 16.1 Å². The van der Waals surface area contributed by atoms with Crippen LogP contribution in [0.3, 0.4) is 0 Å². The number of hydrogen-bond acceptors (Lipinski definition) is 4. The Balaban J connectivity index is 3.00. The van der Waals surface area contributed by atoms with Gasteiger partial charge in [0.15, 0.2) is 0 Å². The van der Waals surface area contributed by atoms with E-state index in [0.717, 1.165) is 16.8 Å². The normalized spacial score (nSPS) is 10.1. The summed E-state index contributed by atoms with van der Waals surface area (Å²) in [5.41, 5.74) is 18.6. The van der Waals surface area contributed by atoms with E-state index in [2.05, 4.69) is 0 Å². The van der Waals surface area contributed by atoms with Crippen molar-refractivity contribution in [1.82, 2.24) is 0 Å². The average molecular weight is 250 g/mol. The maximum atomic E-state index is 11.0. The number of carbonyl (C=O) groups excluding carboxylic acids is 2. The lowest BCUT2D eigenvalue weighted by Crippen LogP contribution is -2.39. The van der Waals surface area contributed by atoms with Crippen molar-refractivity contribution in [2.24, 2.45) is 17.2 Å². The first-order valence-electron chi connectivity index (χ1n) is 5.55. The van der Waals surface area contributed by atoms with Gasteiger partial charge in [-0.25, -0.2) is 0 Å². The zero-order chi connectivity index (χ0) is 13.7. The minimum Gasteiger partial charge on any atom is -0.368 e. The molecule has 0 atom stereocenters. The molecular formula is C12H18N4O2. The van der Waals surface area contributed by atoms with Crippen LogP contribution in [-0.4, -0.2) is 24.9 Å². The number of rotatable bonds is 6. The molecule has 0 aliphatic carbocycles. The molecule has 0 heterocycles. The Hall–Kier alpha value is -2.08. The lowest BCUT2D eigenvalue weighted by molar-refractivity contribution is -0.117. The van der Waals surface area contributed by atoms with Crippen molar-refractivity contribution in [2.75, 3.05) is 18.0 Å². The van der Waals surface area contributed by atoms with Crippen LogP contribution in [0.4, 0.5) is 5.69 Å². The van der Waals surface area contributed by atoms with Crippen LogP contribution in [0.2, 0.25) is 0 Å². The van der Waals surface area contributed by atoms with Crippen LogP contribution in [0.1, 0.15) is 11.1 Å². The third-order valence-electron chi connectivity index (χ3n) is 2.60. The third kappa shape index (κ3) is 3.74. The predicted octanol–water partition coefficient (Wildman–Crippen LogP) is -0.769. The SMILES string of the molecule is Cc1cc(N(CC(N)=O)CC(N)=O)ccc1CN. The van der Waals surface area contributed by atoms with Gasteiger partial charge in [-0.2, -0.15) is 0 Å². The second-order valence-electron chi connectivity index (χ2n) is 4.10. The fourth-order valence-corrected chi connectivity index (χ4v) is 1.72. The van der Waals surface area contributed by atoms with Gasteiger partial charge in [-0.05, 0) is 30.2 Å². The van der Waals surface area contributed by atoms with Gasteiger partial charge in [0.2, 0.25) is 11.8 Å². The van der Waals surface area contributed by atoms with E-state index in [1.54, 1.807) is 6.07 Å². The van der Waals surface area contributed by atoms with E-state index >= 15 is 0 Å². The van der Waals surface area contributed by atoms with Crippen molar-refractivity contribution in [3.8, 4) is 0 Å². The van der Waals surface area contributed by atoms with Gasteiger partial charge in [-0.15, -0.1) is 0 Å². The lowest BCUT2D eigenvalue weighted by atomic mass is 10.1. The number of nitrogens with two attached hydrogens (primary N) is 3. The average Bonchev–Trinajstić information content (AvgIpc) is 2.26. The molecule has 0 radical (unpaired) electrons. The van der Waals surface area contributed by atoms with E-state index in [1.807, 2.05) is 19.1 Å². The summed E-state index contributed by atoms with van der Waals surface area (Å²) in [5, 5.41) is 0. The van der Waals surface area contributed by atoms with E-state index in [-0.39, 0.29) is 13.1 Å². The second kappa shape index (κ2) is 6.02. The van der Waals surface area contributed by atoms with Crippen LogP contribution < -0.4 is 22.1 Å². The summed E-state index contributed by atoms with van der Waals surface area (Å²) in [6.45, 7) is 2.25. The zero-order valence-corrected chi connectivity index (χ0v) is 10.3. The van der Waals surface area contributed by atoms with Crippen molar-refractivity contribution < 1.29 is 9.59 Å². The highest BCUT2D eigenvalue weighted by Crippen LogP contribution is 2.18. The quantitative estimate of drug-likeness (QED) is 0.614. The first-order chi connectivity index (χ1) is 8.43. The second-order valence-corrected chi connectivity index (χ2v) is 4.10. The molecule has 6 heteroatoms. The van der Waals surface area contributed by atoms with Crippen LogP contribution >= 0.6 is 0 Å². The third-order valence-corrected chi connectivity index (χ3v) is 2.60. The lowest BCUT2D eigenvalue weighted by Gasteiger charge is -2.22. The Morgan fingerprint density at radius 3 is 2.11 bits per heavy atom. The summed E-state index contributed by atoms with van der Waals surface area (Å²) < 4.78 is 0. The summed E-state index contributed by atoms with van der Waals surface area (Å²) in [7, 11) is 0. The Labute approximate surface area is 106 Å². The van der Waals surface area contributed by atoms with E-state index in [9.17, 15) is 9.59 Å². The van der Waals surface area contributed by atoms with Gasteiger partial charge in [-0.3, -0.25) is 9.59 Å². The maximum absolute atomic E-state index is 11.0. The van der Waals surface area contributed by atoms with Gasteiger partial charge in [0.1, 0.15) is 0 Å². The molecule has 2 amide bonds. The van der Waals surface area contributed by atoms with E-state index in [4.69, 9.17) is 17.2 Å². The summed E-state index contributed by atoms with van der Waals surface area (Å²) in [5.74, 6) is -1.03. The fourth-order valence-electron chi connectivity index (χ4n) is 1.72. The Bertz CT molecular complexity index is 443. The van der Waals surface area contributed by atoms with Crippen molar-refractivity contribution in [2.45, 2.75) is 13.5 Å². The van der Waals surface area contributed by atoms with Gasteiger partial charge in [0, 0.05) is 12.2 Å². The first kappa shape index (κ1) is 14.0. The maximum Gasteiger partial charge on any atom is 0.236 e. The molecule has 0 aliphatic rings. The van der Waals surface area contributed by atoms with Crippen molar-refractivity contribution in [3.05, 3.63) is 29.3 Å². The highest BCUT2D eigenvalue weighted by Gasteiger charge is 2.12. The zero-order valence-electron chi connectivity index (χ0n) is 10.3. The molecule has 6 nitrogen and oxygen atoms in total. The topological polar surface area (TPSA) is 115 Å². The first-order valence-corrected chi connectivity index (χ1v) is 5.55. The number of primary amides is 2. The standard InChI is InChI=1S/C12H18N4O2/c1-8-4-10(3-2-9(8)5-13)16(6-11(14)17)7-12(15)18/h2-4H,5-7,13H2,1H3,(H2,14,17)(H2,15,18). The largest absolute Gasteiger partial charge is 0.368 e. The minimum atomic E-state index is -0.517. The molecular weight excluding hydrogens is 232 g/mol. The molecule has 0 fully saturated rings. The molecule has 0 saturated heterocycles. The molecule has 98 valence electrons. The molecule has 18 heavy (non-hydrogen) atoms. The number of amides is 2. The number of aryl methyl sites for hydroxylation is 1. The highest BCUT2D eigenvalue weighted by atomic mass is 16.2. The molecule has 0 aliphatic heterocycles. The monoisotopic (exact) mass is 250 g/mol. The molecule has 0 aromatic heterocycles. The van der Waals surface area contributed by atoms with E-state index < -0.39 is 11.8 Å². The molecule has 0 saturated carbocycles. The molecule has 6 N–H and O–H groups in total. The highest BCUT2D eigenvalue weighted by molar-refractivity contribution is 5.84. The van der Waals surface area contributed by atoms with Crippen LogP contribution in [0.15, 0.2) is 18.2 Å². The number of nitrogens with zero attached hydrogens (tertiary/aromatic N) is 1. The fraction of sp³-hybridized carbons (Fsp3) is 0.333. The van der Waals surface area contributed by atoms with Gasteiger partial charge in [0.05, 0.1) is 13.1 Å². The minimum absolute atomic E-state index is 0.0512. The van der Waals surface area contributed by atoms with Gasteiger partial charge in [0.25, 0.3) is 0 Å². The van der Waals surface area contributed by atoms with E-state index in [0.29, 0.717) is 6.54 Å².